The molecule has 152 valence electrons. The first kappa shape index (κ1) is 22.1. The minimum atomic E-state index is -0.160. The first-order valence-electron chi connectivity index (χ1n) is 10.8. The molecule has 2 aromatic rings. The zero-order chi connectivity index (χ0) is 20.0. The van der Waals surface area contributed by atoms with Gasteiger partial charge in [-0.1, -0.05) is 58.8 Å². The van der Waals surface area contributed by atoms with Crippen LogP contribution in [-0.4, -0.2) is 15.9 Å². The highest BCUT2D eigenvalue weighted by Gasteiger charge is 2.06. The van der Waals surface area contributed by atoms with Gasteiger partial charge >= 0.3 is 5.97 Å². The second kappa shape index (κ2) is 13.0. The van der Waals surface area contributed by atoms with Crippen molar-refractivity contribution in [2.45, 2.75) is 84.5 Å². The molecule has 4 heteroatoms. The third kappa shape index (κ3) is 8.20. The van der Waals surface area contributed by atoms with Crippen LogP contribution in [0.5, 0.6) is 5.75 Å². The molecule has 1 aromatic heterocycles. The van der Waals surface area contributed by atoms with Gasteiger partial charge in [-0.15, -0.1) is 0 Å². The Hall–Kier alpha value is -2.23. The van der Waals surface area contributed by atoms with Gasteiger partial charge in [-0.3, -0.25) is 14.8 Å². The summed E-state index contributed by atoms with van der Waals surface area (Å²) in [7, 11) is 0. The molecule has 0 atom stereocenters. The molecule has 4 nitrogen and oxygen atoms in total. The summed E-state index contributed by atoms with van der Waals surface area (Å²) in [5.74, 6) is 0.424. The van der Waals surface area contributed by atoms with E-state index in [1.165, 1.54) is 44.9 Å². The number of aromatic nitrogens is 2. The molecule has 1 heterocycles. The molecule has 0 N–H and O–H groups in total. The Morgan fingerprint density at radius 2 is 1.50 bits per heavy atom. The summed E-state index contributed by atoms with van der Waals surface area (Å²) in [6.07, 6.45) is 15.8. The third-order valence-electron chi connectivity index (χ3n) is 4.86. The number of ether oxygens (including phenoxy) is 1. The lowest BCUT2D eigenvalue weighted by Crippen LogP contribution is -2.07. The van der Waals surface area contributed by atoms with Crippen LogP contribution in [0.1, 0.15) is 83.7 Å². The summed E-state index contributed by atoms with van der Waals surface area (Å²) < 4.78 is 5.40. The molecule has 0 aliphatic rings. The second-order valence-electron chi connectivity index (χ2n) is 7.37. The number of carbonyl (C=O) groups is 1. The minimum Gasteiger partial charge on any atom is -0.427 e. The van der Waals surface area contributed by atoms with E-state index >= 15 is 0 Å². The van der Waals surface area contributed by atoms with Gasteiger partial charge in [-0.2, -0.15) is 0 Å². The van der Waals surface area contributed by atoms with Gasteiger partial charge in [-0.25, -0.2) is 0 Å². The standard InChI is InChI=1S/C24H34N2O2/c1-3-5-7-9-10-12-21-18-26-23(19-25-21)20-14-16-22(17-15-20)28-24(27)13-11-8-6-4-2/h14-19H,3-13H2,1-2H3. The van der Waals surface area contributed by atoms with Gasteiger partial charge in [0.05, 0.1) is 17.6 Å². The molecule has 0 fully saturated rings. The van der Waals surface area contributed by atoms with E-state index in [9.17, 15) is 4.79 Å². The maximum Gasteiger partial charge on any atom is 0.311 e. The zero-order valence-corrected chi connectivity index (χ0v) is 17.5. The van der Waals surface area contributed by atoms with E-state index in [1.807, 2.05) is 36.7 Å². The van der Waals surface area contributed by atoms with Crippen LogP contribution in [-0.2, 0) is 11.2 Å². The molecule has 1 aromatic carbocycles. The van der Waals surface area contributed by atoms with Crippen LogP contribution in [0.15, 0.2) is 36.7 Å². The first-order chi connectivity index (χ1) is 13.7. The monoisotopic (exact) mass is 382 g/mol. The highest BCUT2D eigenvalue weighted by atomic mass is 16.5. The van der Waals surface area contributed by atoms with E-state index < -0.39 is 0 Å². The van der Waals surface area contributed by atoms with Crippen LogP contribution in [0.25, 0.3) is 11.3 Å². The van der Waals surface area contributed by atoms with E-state index in [0.29, 0.717) is 12.2 Å². The number of rotatable bonds is 13. The number of unbranched alkanes of at least 4 members (excludes halogenated alkanes) is 7. The number of benzene rings is 1. The van der Waals surface area contributed by atoms with Crippen LogP contribution in [0.2, 0.25) is 0 Å². The molecule has 0 saturated heterocycles. The average molecular weight is 383 g/mol. The molecule has 0 bridgehead atoms. The topological polar surface area (TPSA) is 52.1 Å². The van der Waals surface area contributed by atoms with Crippen molar-refractivity contribution < 1.29 is 9.53 Å². The van der Waals surface area contributed by atoms with Crippen molar-refractivity contribution in [2.75, 3.05) is 0 Å². The normalized spacial score (nSPS) is 10.8. The smallest absolute Gasteiger partial charge is 0.311 e. The Labute approximate surface area is 169 Å². The lowest BCUT2D eigenvalue weighted by atomic mass is 10.1. The Morgan fingerprint density at radius 1 is 0.821 bits per heavy atom. The molecular weight excluding hydrogens is 348 g/mol. The van der Waals surface area contributed by atoms with Crippen molar-refractivity contribution in [3.05, 3.63) is 42.4 Å². The second-order valence-corrected chi connectivity index (χ2v) is 7.37. The summed E-state index contributed by atoms with van der Waals surface area (Å²) in [4.78, 5) is 21.0. The van der Waals surface area contributed by atoms with Crippen molar-refractivity contribution in [3.8, 4) is 17.0 Å². The van der Waals surface area contributed by atoms with Crippen molar-refractivity contribution in [2.24, 2.45) is 0 Å². The van der Waals surface area contributed by atoms with Crippen molar-refractivity contribution in [1.82, 2.24) is 9.97 Å². The maximum atomic E-state index is 11.9. The highest BCUT2D eigenvalue weighted by Crippen LogP contribution is 2.21. The minimum absolute atomic E-state index is 0.160. The molecule has 2 rings (SSSR count). The fourth-order valence-corrected chi connectivity index (χ4v) is 3.11. The number of esters is 1. The van der Waals surface area contributed by atoms with Crippen molar-refractivity contribution >= 4 is 5.97 Å². The molecule has 0 spiro atoms. The van der Waals surface area contributed by atoms with Gasteiger partial charge in [0, 0.05) is 18.2 Å². The van der Waals surface area contributed by atoms with E-state index in [-0.39, 0.29) is 5.97 Å². The fraction of sp³-hybridized carbons (Fsp3) is 0.542. The molecular formula is C24H34N2O2. The molecule has 0 unspecified atom stereocenters. The Morgan fingerprint density at radius 3 is 2.14 bits per heavy atom. The summed E-state index contributed by atoms with van der Waals surface area (Å²) in [6, 6.07) is 7.49. The third-order valence-corrected chi connectivity index (χ3v) is 4.86. The lowest BCUT2D eigenvalue weighted by Gasteiger charge is -2.06. The highest BCUT2D eigenvalue weighted by molar-refractivity contribution is 5.72. The summed E-state index contributed by atoms with van der Waals surface area (Å²) >= 11 is 0. The SMILES string of the molecule is CCCCCCCc1cnc(-c2ccc(OC(=O)CCCCCC)cc2)cn1. The number of hydrogen-bond donors (Lipinski definition) is 0. The lowest BCUT2D eigenvalue weighted by molar-refractivity contribution is -0.134. The van der Waals surface area contributed by atoms with E-state index in [1.54, 1.807) is 0 Å². The molecule has 0 saturated carbocycles. The molecule has 28 heavy (non-hydrogen) atoms. The Balaban J connectivity index is 1.79. The average Bonchev–Trinajstić information content (AvgIpc) is 2.72. The van der Waals surface area contributed by atoms with Gasteiger partial charge in [0.1, 0.15) is 5.75 Å². The number of hydrogen-bond acceptors (Lipinski definition) is 4. The van der Waals surface area contributed by atoms with Gasteiger partial charge in [0.2, 0.25) is 0 Å². The summed E-state index contributed by atoms with van der Waals surface area (Å²) in [6.45, 7) is 4.39. The van der Waals surface area contributed by atoms with Crippen molar-refractivity contribution in [3.63, 3.8) is 0 Å². The fourth-order valence-electron chi connectivity index (χ4n) is 3.11. The van der Waals surface area contributed by atoms with Gasteiger partial charge in [0.25, 0.3) is 0 Å². The quantitative estimate of drug-likeness (QED) is 0.224. The Kier molecular flexibility index (Phi) is 10.3. The number of nitrogens with zero attached hydrogens (tertiary/aromatic N) is 2. The van der Waals surface area contributed by atoms with Crippen LogP contribution in [0.4, 0.5) is 0 Å². The van der Waals surface area contributed by atoms with E-state index in [2.05, 4.69) is 23.8 Å². The first-order valence-corrected chi connectivity index (χ1v) is 10.8. The predicted molar refractivity (Wildman–Crippen MR) is 114 cm³/mol. The number of carbonyl (C=O) groups excluding carboxylic acids is 1. The van der Waals surface area contributed by atoms with Gasteiger partial charge in [0.15, 0.2) is 0 Å². The molecule has 0 radical (unpaired) electrons. The zero-order valence-electron chi connectivity index (χ0n) is 17.5. The van der Waals surface area contributed by atoms with Gasteiger partial charge < -0.3 is 4.74 Å². The molecule has 0 aliphatic carbocycles. The van der Waals surface area contributed by atoms with Crippen LogP contribution in [0.3, 0.4) is 0 Å². The van der Waals surface area contributed by atoms with Crippen LogP contribution < -0.4 is 4.74 Å². The molecule has 0 amide bonds. The Bertz CT molecular complexity index is 681. The largest absolute Gasteiger partial charge is 0.427 e. The van der Waals surface area contributed by atoms with E-state index in [4.69, 9.17) is 4.74 Å². The number of aryl methyl sites for hydroxylation is 1. The maximum absolute atomic E-state index is 11.9. The summed E-state index contributed by atoms with van der Waals surface area (Å²) in [5, 5.41) is 0. The predicted octanol–water partition coefficient (Wildman–Crippen LogP) is 6.53. The molecule has 0 aliphatic heterocycles. The summed E-state index contributed by atoms with van der Waals surface area (Å²) in [5.41, 5.74) is 2.87. The van der Waals surface area contributed by atoms with Crippen molar-refractivity contribution in [1.29, 1.82) is 0 Å². The van der Waals surface area contributed by atoms with Crippen LogP contribution in [0, 0.1) is 0 Å². The van der Waals surface area contributed by atoms with E-state index in [0.717, 1.165) is 36.2 Å². The van der Waals surface area contributed by atoms with Gasteiger partial charge in [-0.05, 0) is 43.5 Å². The van der Waals surface area contributed by atoms with Crippen LogP contribution >= 0.6 is 0 Å².